The summed E-state index contributed by atoms with van der Waals surface area (Å²) in [5.74, 6) is 0.272. The molecule has 12 heavy (non-hydrogen) atoms. The van der Waals surface area contributed by atoms with Gasteiger partial charge in [0.05, 0.1) is 5.69 Å². The molecular formula is C9H13NO2. The van der Waals surface area contributed by atoms with Crippen molar-refractivity contribution in [3.05, 3.63) is 24.0 Å². The van der Waals surface area contributed by atoms with Crippen molar-refractivity contribution in [2.75, 3.05) is 13.7 Å². The van der Waals surface area contributed by atoms with Crippen molar-refractivity contribution in [3.63, 3.8) is 0 Å². The van der Waals surface area contributed by atoms with Gasteiger partial charge < -0.3 is 9.84 Å². The minimum atomic E-state index is 0.272. The molecule has 1 aromatic heterocycles. The molecule has 66 valence electrons. The van der Waals surface area contributed by atoms with Crippen molar-refractivity contribution < 1.29 is 9.84 Å². The van der Waals surface area contributed by atoms with Crippen LogP contribution in [0, 0.1) is 0 Å². The van der Waals surface area contributed by atoms with Gasteiger partial charge in [0, 0.05) is 19.9 Å². The number of ether oxygens (including phenoxy) is 1. The minimum absolute atomic E-state index is 0.272. The quantitative estimate of drug-likeness (QED) is 0.688. The molecule has 0 aliphatic carbocycles. The third kappa shape index (κ3) is 2.51. The van der Waals surface area contributed by atoms with Crippen LogP contribution in [0.15, 0.2) is 18.3 Å². The monoisotopic (exact) mass is 167 g/mol. The molecule has 0 aromatic carbocycles. The predicted molar refractivity (Wildman–Crippen MR) is 46.1 cm³/mol. The lowest BCUT2D eigenvalue weighted by Crippen LogP contribution is -1.94. The smallest absolute Gasteiger partial charge is 0.137 e. The molecule has 3 heteroatoms. The third-order valence-electron chi connectivity index (χ3n) is 1.63. The van der Waals surface area contributed by atoms with E-state index in [1.807, 2.05) is 0 Å². The van der Waals surface area contributed by atoms with Crippen LogP contribution < -0.4 is 0 Å². The van der Waals surface area contributed by atoms with Crippen molar-refractivity contribution in [3.8, 4) is 5.75 Å². The van der Waals surface area contributed by atoms with Crippen LogP contribution >= 0.6 is 0 Å². The van der Waals surface area contributed by atoms with Gasteiger partial charge in [-0.1, -0.05) is 0 Å². The molecule has 0 radical (unpaired) electrons. The Kier molecular flexibility index (Phi) is 3.54. The number of aromatic hydroxyl groups is 1. The Morgan fingerprint density at radius 3 is 3.08 bits per heavy atom. The van der Waals surface area contributed by atoms with Gasteiger partial charge in [0.25, 0.3) is 0 Å². The number of methoxy groups -OCH3 is 1. The lowest BCUT2D eigenvalue weighted by atomic mass is 10.2. The molecule has 0 fully saturated rings. The SMILES string of the molecule is COCCCc1ncccc1O. The molecule has 1 aromatic rings. The highest BCUT2D eigenvalue weighted by Crippen LogP contribution is 2.13. The Morgan fingerprint density at radius 1 is 1.58 bits per heavy atom. The van der Waals surface area contributed by atoms with E-state index in [4.69, 9.17) is 4.74 Å². The molecule has 0 bridgehead atoms. The number of nitrogens with zero attached hydrogens (tertiary/aromatic N) is 1. The van der Waals surface area contributed by atoms with E-state index < -0.39 is 0 Å². The van der Waals surface area contributed by atoms with Crippen molar-refractivity contribution >= 4 is 0 Å². The van der Waals surface area contributed by atoms with Crippen LogP contribution in [-0.2, 0) is 11.2 Å². The Morgan fingerprint density at radius 2 is 2.42 bits per heavy atom. The number of aromatic nitrogens is 1. The Hall–Kier alpha value is -1.09. The zero-order chi connectivity index (χ0) is 8.81. The highest BCUT2D eigenvalue weighted by Gasteiger charge is 1.99. The second-order valence-corrected chi connectivity index (χ2v) is 2.57. The largest absolute Gasteiger partial charge is 0.506 e. The first-order chi connectivity index (χ1) is 5.84. The number of hydrogen-bond acceptors (Lipinski definition) is 3. The molecule has 1 rings (SSSR count). The van der Waals surface area contributed by atoms with Gasteiger partial charge in [0.2, 0.25) is 0 Å². The van der Waals surface area contributed by atoms with Crippen molar-refractivity contribution in [1.82, 2.24) is 4.98 Å². The molecule has 1 heterocycles. The molecule has 0 unspecified atom stereocenters. The van der Waals surface area contributed by atoms with E-state index >= 15 is 0 Å². The second kappa shape index (κ2) is 4.72. The lowest BCUT2D eigenvalue weighted by Gasteiger charge is -2.01. The van der Waals surface area contributed by atoms with Crippen molar-refractivity contribution in [1.29, 1.82) is 0 Å². The zero-order valence-electron chi connectivity index (χ0n) is 7.16. The summed E-state index contributed by atoms with van der Waals surface area (Å²) in [7, 11) is 1.66. The maximum Gasteiger partial charge on any atom is 0.137 e. The number of pyridine rings is 1. The van der Waals surface area contributed by atoms with Crippen LogP contribution in [0.1, 0.15) is 12.1 Å². The highest BCUT2D eigenvalue weighted by atomic mass is 16.5. The van der Waals surface area contributed by atoms with Crippen molar-refractivity contribution in [2.45, 2.75) is 12.8 Å². The van der Waals surface area contributed by atoms with E-state index in [-0.39, 0.29) is 5.75 Å². The first-order valence-corrected chi connectivity index (χ1v) is 3.96. The van der Waals surface area contributed by atoms with Gasteiger partial charge in [0.15, 0.2) is 0 Å². The number of hydrogen-bond donors (Lipinski definition) is 1. The molecule has 0 aliphatic heterocycles. The highest BCUT2D eigenvalue weighted by molar-refractivity contribution is 5.24. The summed E-state index contributed by atoms with van der Waals surface area (Å²) in [6, 6.07) is 3.37. The molecule has 0 amide bonds. The van der Waals surface area contributed by atoms with Gasteiger partial charge in [0.1, 0.15) is 5.75 Å². The van der Waals surface area contributed by atoms with Crippen LogP contribution in [0.3, 0.4) is 0 Å². The summed E-state index contributed by atoms with van der Waals surface area (Å²) in [5, 5.41) is 9.31. The molecule has 0 saturated heterocycles. The standard InChI is InChI=1S/C9H13NO2/c1-12-7-3-4-8-9(11)5-2-6-10-8/h2,5-6,11H,3-4,7H2,1H3. The fraction of sp³-hybridized carbons (Fsp3) is 0.444. The summed E-state index contributed by atoms with van der Waals surface area (Å²) < 4.78 is 4.89. The van der Waals surface area contributed by atoms with E-state index in [1.54, 1.807) is 25.4 Å². The number of rotatable bonds is 4. The average molecular weight is 167 g/mol. The summed E-state index contributed by atoms with van der Waals surface area (Å²) in [6.45, 7) is 0.704. The first kappa shape index (κ1) is 9.00. The van der Waals surface area contributed by atoms with Gasteiger partial charge in [-0.05, 0) is 25.0 Å². The Labute approximate surface area is 72.0 Å². The molecule has 0 aliphatic rings. The fourth-order valence-electron chi connectivity index (χ4n) is 1.01. The minimum Gasteiger partial charge on any atom is -0.506 e. The maximum atomic E-state index is 9.31. The van der Waals surface area contributed by atoms with Crippen LogP contribution in [0.2, 0.25) is 0 Å². The maximum absolute atomic E-state index is 9.31. The normalized spacial score (nSPS) is 10.1. The third-order valence-corrected chi connectivity index (χ3v) is 1.63. The van der Waals surface area contributed by atoms with Gasteiger partial charge in [-0.25, -0.2) is 0 Å². The van der Waals surface area contributed by atoms with E-state index in [0.29, 0.717) is 6.61 Å². The van der Waals surface area contributed by atoms with Crippen LogP contribution in [0.5, 0.6) is 5.75 Å². The van der Waals surface area contributed by atoms with Gasteiger partial charge >= 0.3 is 0 Å². The number of aryl methyl sites for hydroxylation is 1. The van der Waals surface area contributed by atoms with Crippen LogP contribution in [-0.4, -0.2) is 23.8 Å². The van der Waals surface area contributed by atoms with E-state index in [0.717, 1.165) is 18.5 Å². The summed E-state index contributed by atoms with van der Waals surface area (Å²) >= 11 is 0. The Bertz CT molecular complexity index is 238. The average Bonchev–Trinajstić information content (AvgIpc) is 2.09. The first-order valence-electron chi connectivity index (χ1n) is 3.96. The van der Waals surface area contributed by atoms with Gasteiger partial charge in [-0.15, -0.1) is 0 Å². The molecule has 0 saturated carbocycles. The second-order valence-electron chi connectivity index (χ2n) is 2.57. The molecule has 1 N–H and O–H groups in total. The Balaban J connectivity index is 2.46. The zero-order valence-corrected chi connectivity index (χ0v) is 7.16. The topological polar surface area (TPSA) is 42.4 Å². The summed E-state index contributed by atoms with van der Waals surface area (Å²) in [4.78, 5) is 4.04. The predicted octanol–water partition coefficient (Wildman–Crippen LogP) is 1.37. The summed E-state index contributed by atoms with van der Waals surface area (Å²) in [6.07, 6.45) is 3.34. The van der Waals surface area contributed by atoms with Crippen LogP contribution in [0.25, 0.3) is 0 Å². The molecular weight excluding hydrogens is 154 g/mol. The summed E-state index contributed by atoms with van der Waals surface area (Å²) in [5.41, 5.74) is 0.745. The molecule has 3 nitrogen and oxygen atoms in total. The lowest BCUT2D eigenvalue weighted by molar-refractivity contribution is 0.194. The van der Waals surface area contributed by atoms with E-state index in [2.05, 4.69) is 4.98 Å². The van der Waals surface area contributed by atoms with E-state index in [1.165, 1.54) is 0 Å². The van der Waals surface area contributed by atoms with Gasteiger partial charge in [-0.3, -0.25) is 4.98 Å². The van der Waals surface area contributed by atoms with Crippen LogP contribution in [0.4, 0.5) is 0 Å². The molecule has 0 spiro atoms. The van der Waals surface area contributed by atoms with E-state index in [9.17, 15) is 5.11 Å². The molecule has 0 atom stereocenters. The fourth-order valence-corrected chi connectivity index (χ4v) is 1.01. The van der Waals surface area contributed by atoms with Crippen molar-refractivity contribution in [2.24, 2.45) is 0 Å². The van der Waals surface area contributed by atoms with Gasteiger partial charge in [-0.2, -0.15) is 0 Å².